The van der Waals surface area contributed by atoms with Crippen molar-refractivity contribution in [2.75, 3.05) is 26.2 Å². The van der Waals surface area contributed by atoms with Crippen LogP contribution < -0.4 is 0 Å². The molecule has 1 fully saturated rings. The summed E-state index contributed by atoms with van der Waals surface area (Å²) < 4.78 is 39.7. The van der Waals surface area contributed by atoms with Crippen molar-refractivity contribution in [3.63, 3.8) is 0 Å². The fraction of sp³-hybridized carbons (Fsp3) is 0.312. The number of amides is 1. The minimum Gasteiger partial charge on any atom is -0.336 e. The smallest absolute Gasteiger partial charge is 0.274 e. The lowest BCUT2D eigenvalue weighted by Gasteiger charge is -2.21. The highest BCUT2D eigenvalue weighted by Crippen LogP contribution is 2.18. The van der Waals surface area contributed by atoms with Crippen LogP contribution in [0.25, 0.3) is 0 Å². The maximum Gasteiger partial charge on any atom is 0.274 e. The number of sulfonamides is 1. The van der Waals surface area contributed by atoms with Gasteiger partial charge in [-0.15, -0.1) is 0 Å². The number of carbonyl (C=O) groups excluding carboxylic acids is 1. The van der Waals surface area contributed by atoms with Crippen molar-refractivity contribution < 1.29 is 17.6 Å². The van der Waals surface area contributed by atoms with Gasteiger partial charge in [-0.3, -0.25) is 9.78 Å². The Hall–Kier alpha value is -2.39. The summed E-state index contributed by atoms with van der Waals surface area (Å²) in [5.41, 5.74) is 0.234. The van der Waals surface area contributed by atoms with E-state index in [1.54, 1.807) is 4.90 Å². The molecule has 132 valence electrons. The third-order valence-corrected chi connectivity index (χ3v) is 5.89. The normalized spacial score (nSPS) is 16.4. The zero-order chi connectivity index (χ0) is 17.9. The molecule has 1 amide bonds. The highest BCUT2D eigenvalue weighted by Gasteiger charge is 2.28. The van der Waals surface area contributed by atoms with Crippen LogP contribution in [-0.4, -0.2) is 59.7 Å². The van der Waals surface area contributed by atoms with E-state index in [-0.39, 0.29) is 29.6 Å². The molecule has 0 unspecified atom stereocenters. The first-order valence-corrected chi connectivity index (χ1v) is 9.23. The molecule has 3 rings (SSSR count). The molecule has 9 heteroatoms. The Bertz CT molecular complexity index is 843. The average Bonchev–Trinajstić information content (AvgIpc) is 2.89. The minimum absolute atomic E-state index is 0.0441. The maximum atomic E-state index is 13.0. The second-order valence-electron chi connectivity index (χ2n) is 5.59. The van der Waals surface area contributed by atoms with E-state index in [1.807, 2.05) is 0 Å². The van der Waals surface area contributed by atoms with Crippen LogP contribution in [0.5, 0.6) is 0 Å². The van der Waals surface area contributed by atoms with E-state index in [2.05, 4.69) is 9.97 Å². The summed E-state index contributed by atoms with van der Waals surface area (Å²) in [7, 11) is -3.72. The van der Waals surface area contributed by atoms with E-state index in [9.17, 15) is 17.6 Å². The Labute approximate surface area is 145 Å². The van der Waals surface area contributed by atoms with Gasteiger partial charge in [-0.05, 0) is 30.7 Å². The van der Waals surface area contributed by atoms with E-state index >= 15 is 0 Å². The predicted octanol–water partition coefficient (Wildman–Crippen LogP) is 1.15. The van der Waals surface area contributed by atoms with Crippen molar-refractivity contribution in [1.29, 1.82) is 0 Å². The zero-order valence-electron chi connectivity index (χ0n) is 13.4. The van der Waals surface area contributed by atoms with Crippen molar-refractivity contribution in [2.45, 2.75) is 11.3 Å². The van der Waals surface area contributed by atoms with E-state index in [1.165, 1.54) is 35.0 Å². The molecule has 25 heavy (non-hydrogen) atoms. The van der Waals surface area contributed by atoms with Gasteiger partial charge in [0.25, 0.3) is 5.91 Å². The van der Waals surface area contributed by atoms with Crippen LogP contribution in [0, 0.1) is 5.82 Å². The van der Waals surface area contributed by atoms with Crippen molar-refractivity contribution in [2.24, 2.45) is 0 Å². The van der Waals surface area contributed by atoms with Gasteiger partial charge in [-0.25, -0.2) is 17.8 Å². The van der Waals surface area contributed by atoms with Crippen LogP contribution in [0.3, 0.4) is 0 Å². The first-order chi connectivity index (χ1) is 12.0. The molecule has 0 atom stereocenters. The van der Waals surface area contributed by atoms with Crippen LogP contribution in [0.1, 0.15) is 16.9 Å². The Morgan fingerprint density at radius 3 is 2.48 bits per heavy atom. The molecule has 0 radical (unpaired) electrons. The molecule has 1 saturated heterocycles. The summed E-state index contributed by atoms with van der Waals surface area (Å²) in [4.78, 5) is 21.9. The summed E-state index contributed by atoms with van der Waals surface area (Å²) in [6, 6.07) is 4.74. The lowest BCUT2D eigenvalue weighted by Crippen LogP contribution is -2.37. The highest BCUT2D eigenvalue weighted by atomic mass is 32.2. The number of aromatic nitrogens is 2. The van der Waals surface area contributed by atoms with Gasteiger partial charge < -0.3 is 4.90 Å². The van der Waals surface area contributed by atoms with Crippen LogP contribution in [-0.2, 0) is 10.0 Å². The van der Waals surface area contributed by atoms with Gasteiger partial charge in [0.2, 0.25) is 10.0 Å². The number of hydrogen-bond acceptors (Lipinski definition) is 5. The SMILES string of the molecule is O=C(c1cnccn1)N1CCCN(S(=O)(=O)c2ccc(F)cc2)CC1. The van der Waals surface area contributed by atoms with Gasteiger partial charge >= 0.3 is 0 Å². The van der Waals surface area contributed by atoms with Crippen LogP contribution in [0.2, 0.25) is 0 Å². The number of hydrogen-bond donors (Lipinski definition) is 0. The van der Waals surface area contributed by atoms with Crippen LogP contribution in [0.15, 0.2) is 47.8 Å². The maximum absolute atomic E-state index is 13.0. The molecule has 0 spiro atoms. The summed E-state index contributed by atoms with van der Waals surface area (Å²) in [6.07, 6.45) is 4.82. The van der Waals surface area contributed by atoms with E-state index < -0.39 is 15.8 Å². The highest BCUT2D eigenvalue weighted by molar-refractivity contribution is 7.89. The van der Waals surface area contributed by atoms with E-state index in [4.69, 9.17) is 0 Å². The third kappa shape index (κ3) is 3.83. The Kier molecular flexibility index (Phi) is 5.05. The standard InChI is InChI=1S/C16H17FN4O3S/c17-13-2-4-14(5-3-13)25(23,24)21-9-1-8-20(10-11-21)16(22)15-12-18-6-7-19-15/h2-7,12H,1,8-11H2. The zero-order valence-corrected chi connectivity index (χ0v) is 14.2. The average molecular weight is 364 g/mol. The van der Waals surface area contributed by atoms with Gasteiger partial charge in [-0.1, -0.05) is 0 Å². The molecule has 2 aromatic rings. The van der Waals surface area contributed by atoms with Gasteiger partial charge in [-0.2, -0.15) is 4.31 Å². The first kappa shape index (κ1) is 17.4. The fourth-order valence-corrected chi connectivity index (χ4v) is 4.13. The monoisotopic (exact) mass is 364 g/mol. The molecule has 1 aromatic heterocycles. The summed E-state index contributed by atoms with van der Waals surface area (Å²) in [5, 5.41) is 0. The van der Waals surface area contributed by atoms with Crippen LogP contribution in [0.4, 0.5) is 4.39 Å². The minimum atomic E-state index is -3.72. The van der Waals surface area contributed by atoms with Crippen molar-refractivity contribution in [1.82, 2.24) is 19.2 Å². The van der Waals surface area contributed by atoms with Gasteiger partial charge in [0.05, 0.1) is 11.1 Å². The Morgan fingerprint density at radius 1 is 1.04 bits per heavy atom. The molecule has 0 bridgehead atoms. The number of benzene rings is 1. The quantitative estimate of drug-likeness (QED) is 0.816. The van der Waals surface area contributed by atoms with Crippen molar-refractivity contribution in [3.8, 4) is 0 Å². The summed E-state index contributed by atoms with van der Waals surface area (Å²) in [5.74, 6) is -0.760. The van der Waals surface area contributed by atoms with Crippen molar-refractivity contribution in [3.05, 3.63) is 54.4 Å². The van der Waals surface area contributed by atoms with Crippen molar-refractivity contribution >= 4 is 15.9 Å². The fourth-order valence-electron chi connectivity index (χ4n) is 2.66. The lowest BCUT2D eigenvalue weighted by molar-refractivity contribution is 0.0758. The lowest BCUT2D eigenvalue weighted by atomic mass is 10.3. The first-order valence-electron chi connectivity index (χ1n) is 7.79. The number of nitrogens with zero attached hydrogens (tertiary/aromatic N) is 4. The second-order valence-corrected chi connectivity index (χ2v) is 7.53. The molecular weight excluding hydrogens is 347 g/mol. The predicted molar refractivity (Wildman–Crippen MR) is 87.7 cm³/mol. The Balaban J connectivity index is 1.73. The topological polar surface area (TPSA) is 83.5 Å². The molecule has 0 aliphatic carbocycles. The van der Waals surface area contributed by atoms with Gasteiger partial charge in [0.1, 0.15) is 11.5 Å². The number of halogens is 1. The van der Waals surface area contributed by atoms with E-state index in [0.29, 0.717) is 19.5 Å². The molecular formula is C16H17FN4O3S. The van der Waals surface area contributed by atoms with Gasteiger partial charge in [0.15, 0.2) is 0 Å². The number of rotatable bonds is 3. The molecule has 1 aromatic carbocycles. The molecule has 1 aliphatic rings. The summed E-state index contributed by atoms with van der Waals surface area (Å²) >= 11 is 0. The molecule has 0 N–H and O–H groups in total. The molecule has 7 nitrogen and oxygen atoms in total. The van der Waals surface area contributed by atoms with E-state index in [0.717, 1.165) is 12.1 Å². The summed E-state index contributed by atoms with van der Waals surface area (Å²) in [6.45, 7) is 1.16. The molecule has 2 heterocycles. The molecule has 0 saturated carbocycles. The number of carbonyl (C=O) groups is 1. The third-order valence-electron chi connectivity index (χ3n) is 3.98. The largest absolute Gasteiger partial charge is 0.336 e. The Morgan fingerprint density at radius 2 is 1.80 bits per heavy atom. The van der Waals surface area contributed by atoms with Crippen LogP contribution >= 0.6 is 0 Å². The molecule has 1 aliphatic heterocycles. The second kappa shape index (κ2) is 7.24. The van der Waals surface area contributed by atoms with Gasteiger partial charge in [0, 0.05) is 38.6 Å².